The second-order valence-corrected chi connectivity index (χ2v) is 1.85. The minimum atomic E-state index is -5.25. The van der Waals surface area contributed by atoms with Gasteiger partial charge in [0, 0.05) is 0 Å². The second kappa shape index (κ2) is 8.80. The average Bonchev–Trinajstić information content (AvgIpc) is 0.722. The van der Waals surface area contributed by atoms with Crippen LogP contribution < -0.4 is 0 Å². The molecule has 0 aromatic heterocycles. The minimum absolute atomic E-state index is 0. The zero-order valence-electron chi connectivity index (χ0n) is 2.62. The van der Waals surface area contributed by atoms with Gasteiger partial charge in [-0.25, -0.2) is 0 Å². The average molecular weight is 208 g/mol. The Balaban J connectivity index is -0.0000000267. The van der Waals surface area contributed by atoms with Crippen LogP contribution in [0.1, 0.15) is 0 Å². The van der Waals surface area contributed by atoms with Crippen LogP contribution in [0.3, 0.4) is 0 Å². The third-order valence-electron chi connectivity index (χ3n) is 0. The van der Waals surface area contributed by atoms with E-state index in [-0.39, 0.29) is 60.6 Å². The van der Waals surface area contributed by atoms with E-state index in [4.69, 9.17) is 15.9 Å². The molecule has 50 valence electrons. The third kappa shape index (κ3) is 111. The number of hydrogen-bond acceptors (Lipinski definition) is 2. The van der Waals surface area contributed by atoms with E-state index in [0.29, 0.717) is 0 Å². The molecule has 0 amide bonds. The molecule has 0 saturated carbocycles. The fraction of sp³-hybridized carbons (Fsp3) is 0. The summed E-state index contributed by atoms with van der Waals surface area (Å²) in [7, 11) is 0. The molecule has 8 heavy (non-hydrogen) atoms. The molecular formula is H9AlCaCrO5. The van der Waals surface area contributed by atoms with Crippen molar-refractivity contribution >= 4 is 55.1 Å². The molecule has 0 rings (SSSR count). The predicted octanol–water partition coefficient (Wildman–Crippen LogP) is -4.28. The van der Waals surface area contributed by atoms with Crippen LogP contribution in [-0.4, -0.2) is 68.9 Å². The molecule has 0 aromatic rings. The van der Waals surface area contributed by atoms with Crippen molar-refractivity contribution in [2.24, 2.45) is 0 Å². The first-order valence-corrected chi connectivity index (χ1v) is 2.88. The van der Waals surface area contributed by atoms with Crippen molar-refractivity contribution in [2.75, 3.05) is 0 Å². The van der Waals surface area contributed by atoms with Crippen LogP contribution in [0.2, 0.25) is 0 Å². The number of rotatable bonds is 0. The monoisotopic (exact) mass is 208 g/mol. The topological polar surface area (TPSA) is 106 Å². The van der Waals surface area contributed by atoms with Crippen molar-refractivity contribution in [2.45, 2.75) is 0 Å². The van der Waals surface area contributed by atoms with Crippen LogP contribution in [-0.2, 0) is 21.2 Å². The Labute approximate surface area is 88.9 Å². The van der Waals surface area contributed by atoms with E-state index in [1.54, 1.807) is 0 Å². The Bertz CT molecular complexity index is 95.6. The number of hydrogen-bond donors (Lipinski definition) is 2. The van der Waals surface area contributed by atoms with Crippen molar-refractivity contribution < 1.29 is 35.0 Å². The molecule has 0 bridgehead atoms. The summed E-state index contributed by atoms with van der Waals surface area (Å²) in [5.74, 6) is 0. The summed E-state index contributed by atoms with van der Waals surface area (Å²) < 4.78 is 31.9. The van der Waals surface area contributed by atoms with Crippen LogP contribution >= 0.6 is 0 Å². The van der Waals surface area contributed by atoms with Gasteiger partial charge in [-0.15, -0.1) is 0 Å². The Morgan fingerprint density at radius 2 is 1.12 bits per heavy atom. The third-order valence-corrected chi connectivity index (χ3v) is 0. The van der Waals surface area contributed by atoms with E-state index in [1.165, 1.54) is 0 Å². The summed E-state index contributed by atoms with van der Waals surface area (Å²) in [5, 5.41) is 0. The molecule has 0 heterocycles. The zero-order chi connectivity index (χ0) is 4.50. The molecule has 0 spiro atoms. The first-order chi connectivity index (χ1) is 2.00. The van der Waals surface area contributed by atoms with E-state index < -0.39 is 13.6 Å². The van der Waals surface area contributed by atoms with Gasteiger partial charge in [0.15, 0.2) is 17.4 Å². The molecule has 0 aliphatic rings. The van der Waals surface area contributed by atoms with Crippen LogP contribution in [0.4, 0.5) is 0 Å². The van der Waals surface area contributed by atoms with Gasteiger partial charge in [-0.2, -0.15) is 0 Å². The van der Waals surface area contributed by atoms with Gasteiger partial charge < -0.3 is 5.48 Å². The summed E-state index contributed by atoms with van der Waals surface area (Å²) >= 11 is -5.25. The molecular weight excluding hydrogens is 199 g/mol. The van der Waals surface area contributed by atoms with E-state index in [1.807, 2.05) is 0 Å². The fourth-order valence-electron chi connectivity index (χ4n) is 0. The van der Waals surface area contributed by atoms with Crippen molar-refractivity contribution in [3.05, 3.63) is 0 Å². The van der Waals surface area contributed by atoms with E-state index in [2.05, 4.69) is 0 Å². The van der Waals surface area contributed by atoms with Crippen molar-refractivity contribution in [1.29, 1.82) is 0 Å². The van der Waals surface area contributed by atoms with Gasteiger partial charge in [0.1, 0.15) is 0 Å². The van der Waals surface area contributed by atoms with E-state index in [9.17, 15) is 0 Å². The molecule has 0 unspecified atom stereocenters. The molecule has 4 N–H and O–H groups in total. The zero-order valence-corrected chi connectivity index (χ0v) is 3.89. The normalized spacial score (nSPS) is 7.25. The molecule has 0 saturated heterocycles. The van der Waals surface area contributed by atoms with Crippen LogP contribution in [0, 0.1) is 0 Å². The van der Waals surface area contributed by atoms with Gasteiger partial charge in [0.2, 0.25) is 0 Å². The van der Waals surface area contributed by atoms with Crippen LogP contribution in [0.25, 0.3) is 0 Å². The van der Waals surface area contributed by atoms with Gasteiger partial charge >= 0.3 is 67.3 Å². The fourth-order valence-corrected chi connectivity index (χ4v) is 0. The summed E-state index contributed by atoms with van der Waals surface area (Å²) in [5.41, 5.74) is 0. The van der Waals surface area contributed by atoms with Crippen molar-refractivity contribution in [3.63, 3.8) is 0 Å². The maximum absolute atomic E-state index is 8.82. The molecule has 0 aliphatic carbocycles. The molecule has 0 radical (unpaired) electrons. The SMILES string of the molecule is O.[AlH3].[CaH2].[O]=[Cr](=[O])([OH])[OH]. The van der Waals surface area contributed by atoms with E-state index >= 15 is 0 Å². The summed E-state index contributed by atoms with van der Waals surface area (Å²) in [6, 6.07) is 0. The Morgan fingerprint density at radius 1 is 1.12 bits per heavy atom. The van der Waals surface area contributed by atoms with E-state index in [0.717, 1.165) is 0 Å². The Hall–Kier alpha value is 1.80. The second-order valence-electron chi connectivity index (χ2n) is 0.448. The summed E-state index contributed by atoms with van der Waals surface area (Å²) in [6.07, 6.45) is 0. The van der Waals surface area contributed by atoms with Gasteiger partial charge in [-0.05, 0) is 0 Å². The molecule has 0 fully saturated rings. The first kappa shape index (κ1) is 22.6. The molecule has 0 aromatic carbocycles. The Morgan fingerprint density at radius 3 is 1.12 bits per heavy atom. The Kier molecular flexibility index (Phi) is 24.8. The quantitative estimate of drug-likeness (QED) is 0.393. The maximum atomic E-state index is 8.82. The molecule has 0 atom stereocenters. The van der Waals surface area contributed by atoms with Crippen LogP contribution in [0.15, 0.2) is 0 Å². The van der Waals surface area contributed by atoms with Gasteiger partial charge in [-0.3, -0.25) is 0 Å². The first-order valence-electron chi connectivity index (χ1n) is 0.698. The molecule has 0 aliphatic heterocycles. The summed E-state index contributed by atoms with van der Waals surface area (Å²) in [6.45, 7) is 0. The van der Waals surface area contributed by atoms with Gasteiger partial charge in [0.25, 0.3) is 0 Å². The van der Waals surface area contributed by atoms with Gasteiger partial charge in [0.05, 0.1) is 0 Å². The van der Waals surface area contributed by atoms with Crippen molar-refractivity contribution in [1.82, 2.24) is 0 Å². The summed E-state index contributed by atoms with van der Waals surface area (Å²) in [4.78, 5) is 0. The standard InChI is InChI=1S/Al.Ca.Cr.3H2O.2O.5H/h;;;3*1H2;;;;;;;/q;;+2;;;;;;;;;;/p-2. The predicted molar refractivity (Wildman–Crippen MR) is 27.9 cm³/mol. The molecule has 5 nitrogen and oxygen atoms in total. The van der Waals surface area contributed by atoms with Crippen LogP contribution in [0.5, 0.6) is 0 Å². The van der Waals surface area contributed by atoms with Gasteiger partial charge in [-0.1, -0.05) is 0 Å². The molecule has 8 heteroatoms. The van der Waals surface area contributed by atoms with Crippen molar-refractivity contribution in [3.8, 4) is 0 Å².